The Labute approximate surface area is 110 Å². The van der Waals surface area contributed by atoms with Gasteiger partial charge in [0.1, 0.15) is 17.2 Å². The zero-order valence-corrected chi connectivity index (χ0v) is 10.5. The molecular weight excluding hydrogens is 262 g/mol. The van der Waals surface area contributed by atoms with Crippen LogP contribution in [-0.4, -0.2) is 18.0 Å². The summed E-state index contributed by atoms with van der Waals surface area (Å²) in [4.78, 5) is 11.7. The van der Waals surface area contributed by atoms with Crippen molar-refractivity contribution in [1.29, 1.82) is 0 Å². The van der Waals surface area contributed by atoms with Crippen LogP contribution in [0.5, 0.6) is 0 Å². The fourth-order valence-corrected chi connectivity index (χ4v) is 2.12. The second kappa shape index (κ2) is 6.11. The minimum Gasteiger partial charge on any atom is -0.348 e. The number of amides is 1. The number of halogens is 3. The number of rotatable bonds is 2. The van der Waals surface area contributed by atoms with E-state index in [1.807, 2.05) is 0 Å². The third-order valence-electron chi connectivity index (χ3n) is 3.08. The van der Waals surface area contributed by atoms with Crippen molar-refractivity contribution in [1.82, 2.24) is 5.32 Å². The number of carbonyl (C=O) groups is 1. The summed E-state index contributed by atoms with van der Waals surface area (Å²) in [7, 11) is 0. The van der Waals surface area contributed by atoms with Gasteiger partial charge in [-0.1, -0.05) is 6.07 Å². The lowest BCUT2D eigenvalue weighted by Crippen LogP contribution is -2.44. The molecule has 1 amide bonds. The lowest BCUT2D eigenvalue weighted by Gasteiger charge is -2.17. The van der Waals surface area contributed by atoms with Crippen LogP contribution in [0.25, 0.3) is 0 Å². The van der Waals surface area contributed by atoms with Crippen molar-refractivity contribution < 1.29 is 13.6 Å². The Hall–Kier alpha value is -1.20. The van der Waals surface area contributed by atoms with Crippen LogP contribution < -0.4 is 11.1 Å². The summed E-state index contributed by atoms with van der Waals surface area (Å²) < 4.78 is 26.7. The summed E-state index contributed by atoms with van der Waals surface area (Å²) in [5.41, 5.74) is 5.24. The maximum atomic E-state index is 13.3. The molecule has 0 spiro atoms. The first kappa shape index (κ1) is 14.9. The number of carbonyl (C=O) groups excluding carboxylic acids is 1. The minimum atomic E-state index is -0.853. The Bertz CT molecular complexity index is 422. The van der Waals surface area contributed by atoms with Crippen molar-refractivity contribution in [3.8, 4) is 0 Å². The van der Waals surface area contributed by atoms with Gasteiger partial charge in [0.2, 0.25) is 0 Å². The zero-order chi connectivity index (χ0) is 12.4. The molecule has 0 bridgehead atoms. The van der Waals surface area contributed by atoms with Gasteiger partial charge in [0, 0.05) is 12.1 Å². The van der Waals surface area contributed by atoms with Crippen molar-refractivity contribution in [2.75, 3.05) is 0 Å². The standard InChI is InChI=1S/C12H14F2N2O.ClH/c13-7-3-1-4-8(14)11(7)12(17)16-10-6-2-5-9(10)15;/h1,3-4,9-10H,2,5-6,15H2,(H,16,17);1H/t9-,10-;/m0./s1. The molecule has 18 heavy (non-hydrogen) atoms. The number of nitrogens with two attached hydrogens (primary N) is 1. The average Bonchev–Trinajstić information content (AvgIpc) is 2.64. The van der Waals surface area contributed by atoms with Gasteiger partial charge in [-0.2, -0.15) is 0 Å². The summed E-state index contributed by atoms with van der Waals surface area (Å²) >= 11 is 0. The minimum absolute atomic E-state index is 0. The first-order valence-electron chi connectivity index (χ1n) is 5.60. The van der Waals surface area contributed by atoms with Crippen molar-refractivity contribution in [3.05, 3.63) is 35.4 Å². The van der Waals surface area contributed by atoms with Crippen LogP contribution >= 0.6 is 12.4 Å². The van der Waals surface area contributed by atoms with Gasteiger partial charge in [0.05, 0.1) is 0 Å². The quantitative estimate of drug-likeness (QED) is 0.868. The molecule has 2 atom stereocenters. The van der Waals surface area contributed by atoms with Gasteiger partial charge in [-0.3, -0.25) is 4.79 Å². The fraction of sp³-hybridized carbons (Fsp3) is 0.417. The lowest BCUT2D eigenvalue weighted by atomic mass is 10.1. The van der Waals surface area contributed by atoms with E-state index < -0.39 is 23.1 Å². The van der Waals surface area contributed by atoms with Gasteiger partial charge in [0.15, 0.2) is 0 Å². The van der Waals surface area contributed by atoms with Gasteiger partial charge < -0.3 is 11.1 Å². The molecule has 6 heteroatoms. The first-order valence-corrected chi connectivity index (χ1v) is 5.60. The largest absolute Gasteiger partial charge is 0.348 e. The summed E-state index contributed by atoms with van der Waals surface area (Å²) in [5.74, 6) is -2.44. The Morgan fingerprint density at radius 1 is 1.28 bits per heavy atom. The van der Waals surface area contributed by atoms with E-state index >= 15 is 0 Å². The molecule has 1 aliphatic rings. The number of hydrogen-bond acceptors (Lipinski definition) is 2. The van der Waals surface area contributed by atoms with E-state index in [1.165, 1.54) is 6.07 Å². The molecule has 1 fully saturated rings. The monoisotopic (exact) mass is 276 g/mol. The van der Waals surface area contributed by atoms with Crippen LogP contribution in [0, 0.1) is 11.6 Å². The second-order valence-electron chi connectivity index (χ2n) is 4.27. The third-order valence-corrected chi connectivity index (χ3v) is 3.08. The van der Waals surface area contributed by atoms with Crippen molar-refractivity contribution >= 4 is 18.3 Å². The highest BCUT2D eigenvalue weighted by molar-refractivity contribution is 5.95. The third kappa shape index (κ3) is 2.97. The molecule has 0 saturated heterocycles. The molecule has 3 N–H and O–H groups in total. The molecule has 100 valence electrons. The lowest BCUT2D eigenvalue weighted by molar-refractivity contribution is 0.0926. The number of nitrogens with one attached hydrogen (secondary N) is 1. The van der Waals surface area contributed by atoms with Gasteiger partial charge in [-0.15, -0.1) is 12.4 Å². The predicted molar refractivity (Wildman–Crippen MR) is 66.7 cm³/mol. The molecule has 1 aromatic carbocycles. The summed E-state index contributed by atoms with van der Waals surface area (Å²) in [5, 5.41) is 2.58. The van der Waals surface area contributed by atoms with Crippen LogP contribution in [-0.2, 0) is 0 Å². The van der Waals surface area contributed by atoms with E-state index in [0.29, 0.717) is 0 Å². The van der Waals surface area contributed by atoms with Crippen LogP contribution in [0.3, 0.4) is 0 Å². The second-order valence-corrected chi connectivity index (χ2v) is 4.27. The maximum absolute atomic E-state index is 13.3. The Balaban J connectivity index is 0.00000162. The highest BCUT2D eigenvalue weighted by Crippen LogP contribution is 2.18. The van der Waals surface area contributed by atoms with Crippen LogP contribution in [0.15, 0.2) is 18.2 Å². The molecule has 1 aromatic rings. The van der Waals surface area contributed by atoms with E-state index in [-0.39, 0.29) is 24.5 Å². The van der Waals surface area contributed by atoms with Crippen LogP contribution in [0.4, 0.5) is 8.78 Å². The molecule has 2 rings (SSSR count). The van der Waals surface area contributed by atoms with Crippen molar-refractivity contribution in [2.45, 2.75) is 31.3 Å². The first-order chi connectivity index (χ1) is 8.09. The molecule has 1 saturated carbocycles. The molecule has 0 radical (unpaired) electrons. The SMILES string of the molecule is Cl.N[C@H]1CCC[C@@H]1NC(=O)c1c(F)cccc1F. The maximum Gasteiger partial charge on any atom is 0.257 e. The zero-order valence-electron chi connectivity index (χ0n) is 9.66. The molecule has 1 aliphatic carbocycles. The van der Waals surface area contributed by atoms with Crippen LogP contribution in [0.1, 0.15) is 29.6 Å². The molecule has 0 aromatic heterocycles. The highest BCUT2D eigenvalue weighted by atomic mass is 35.5. The van der Waals surface area contributed by atoms with Crippen molar-refractivity contribution in [2.24, 2.45) is 5.73 Å². The summed E-state index contributed by atoms with van der Waals surface area (Å²) in [6.45, 7) is 0. The summed E-state index contributed by atoms with van der Waals surface area (Å²) in [6.07, 6.45) is 2.50. The summed E-state index contributed by atoms with van der Waals surface area (Å²) in [6, 6.07) is 3.03. The topological polar surface area (TPSA) is 55.1 Å². The normalized spacial score (nSPS) is 22.4. The Kier molecular flexibility index (Phi) is 5.04. The Morgan fingerprint density at radius 2 is 1.89 bits per heavy atom. The molecule has 0 unspecified atom stereocenters. The van der Waals surface area contributed by atoms with Crippen LogP contribution in [0.2, 0.25) is 0 Å². The van der Waals surface area contributed by atoms with E-state index in [1.54, 1.807) is 0 Å². The van der Waals surface area contributed by atoms with Gasteiger partial charge in [-0.25, -0.2) is 8.78 Å². The van der Waals surface area contributed by atoms with E-state index in [4.69, 9.17) is 5.73 Å². The van der Waals surface area contributed by atoms with E-state index in [0.717, 1.165) is 31.4 Å². The molecule has 3 nitrogen and oxygen atoms in total. The predicted octanol–water partition coefficient (Wildman–Crippen LogP) is 2.00. The van der Waals surface area contributed by atoms with Gasteiger partial charge in [-0.05, 0) is 31.4 Å². The average molecular weight is 277 g/mol. The smallest absolute Gasteiger partial charge is 0.257 e. The Morgan fingerprint density at radius 3 is 2.39 bits per heavy atom. The van der Waals surface area contributed by atoms with E-state index in [2.05, 4.69) is 5.32 Å². The fourth-order valence-electron chi connectivity index (χ4n) is 2.12. The molecular formula is C12H15ClF2N2O. The van der Waals surface area contributed by atoms with E-state index in [9.17, 15) is 13.6 Å². The van der Waals surface area contributed by atoms with Gasteiger partial charge in [0.25, 0.3) is 5.91 Å². The molecule has 0 aliphatic heterocycles. The van der Waals surface area contributed by atoms with Crippen molar-refractivity contribution in [3.63, 3.8) is 0 Å². The highest BCUT2D eigenvalue weighted by Gasteiger charge is 2.27. The number of hydrogen-bond donors (Lipinski definition) is 2. The number of benzene rings is 1. The molecule has 0 heterocycles. The van der Waals surface area contributed by atoms with Gasteiger partial charge >= 0.3 is 0 Å².